The van der Waals surface area contributed by atoms with E-state index in [-0.39, 0.29) is 22.8 Å². The number of carbonyl (C=O) groups excluding carboxylic acids is 1. The Bertz CT molecular complexity index is 531. The Balaban J connectivity index is 2.63. The van der Waals surface area contributed by atoms with Crippen LogP contribution in [0.1, 0.15) is 26.3 Å². The van der Waals surface area contributed by atoms with E-state index in [9.17, 15) is 13.6 Å². The normalized spacial score (nSPS) is 12.9. The summed E-state index contributed by atoms with van der Waals surface area (Å²) in [5.41, 5.74) is 6.27. The minimum atomic E-state index is -2.93. The highest BCUT2D eigenvalue weighted by molar-refractivity contribution is 5.82. The molecule has 0 spiro atoms. The van der Waals surface area contributed by atoms with E-state index >= 15 is 0 Å². The maximum absolute atomic E-state index is 12.4. The lowest BCUT2D eigenvalue weighted by atomic mass is 9.87. The van der Waals surface area contributed by atoms with Gasteiger partial charge in [-0.25, -0.2) is 0 Å². The Hall–Kier alpha value is -1.89. The summed E-state index contributed by atoms with van der Waals surface area (Å²) >= 11 is 0. The molecule has 0 saturated carbocycles. The summed E-state index contributed by atoms with van der Waals surface area (Å²) in [6, 6.07) is 4.14. The fraction of sp³-hybridized carbons (Fsp3) is 0.562. The van der Waals surface area contributed by atoms with Crippen molar-refractivity contribution in [1.29, 1.82) is 0 Å². The predicted octanol–water partition coefficient (Wildman–Crippen LogP) is 2.33. The zero-order chi connectivity index (χ0) is 17.6. The van der Waals surface area contributed by atoms with Crippen LogP contribution in [-0.4, -0.2) is 32.2 Å². The first kappa shape index (κ1) is 19.2. The first-order chi connectivity index (χ1) is 10.6. The van der Waals surface area contributed by atoms with Gasteiger partial charge in [0.1, 0.15) is 0 Å². The molecule has 1 aromatic carbocycles. The summed E-state index contributed by atoms with van der Waals surface area (Å²) in [4.78, 5) is 11.9. The topological polar surface area (TPSA) is 73.6 Å². The number of hydrogen-bond acceptors (Lipinski definition) is 4. The van der Waals surface area contributed by atoms with Gasteiger partial charge in [-0.3, -0.25) is 4.79 Å². The molecular formula is C16H24F2N2O3. The molecule has 1 atom stereocenters. The second-order valence-corrected chi connectivity index (χ2v) is 6.25. The molecule has 0 aliphatic carbocycles. The number of nitrogens with one attached hydrogen (secondary N) is 1. The van der Waals surface area contributed by atoms with Gasteiger partial charge in [0.15, 0.2) is 11.5 Å². The van der Waals surface area contributed by atoms with E-state index in [2.05, 4.69) is 10.1 Å². The van der Waals surface area contributed by atoms with Crippen molar-refractivity contribution in [2.24, 2.45) is 11.1 Å². The number of rotatable bonds is 7. The number of hydrogen-bond donors (Lipinski definition) is 2. The van der Waals surface area contributed by atoms with Crippen LogP contribution in [0.2, 0.25) is 0 Å². The molecule has 5 nitrogen and oxygen atoms in total. The van der Waals surface area contributed by atoms with E-state index < -0.39 is 12.7 Å². The van der Waals surface area contributed by atoms with Gasteiger partial charge in [0.25, 0.3) is 0 Å². The Morgan fingerprint density at radius 2 is 1.96 bits per heavy atom. The van der Waals surface area contributed by atoms with E-state index in [1.807, 2.05) is 20.8 Å². The van der Waals surface area contributed by atoms with Crippen molar-refractivity contribution < 1.29 is 23.0 Å². The minimum Gasteiger partial charge on any atom is -0.493 e. The second-order valence-electron chi connectivity index (χ2n) is 6.25. The number of nitrogens with two attached hydrogens (primary N) is 1. The van der Waals surface area contributed by atoms with E-state index in [4.69, 9.17) is 10.5 Å². The molecule has 0 unspecified atom stereocenters. The second kappa shape index (κ2) is 8.10. The van der Waals surface area contributed by atoms with Crippen molar-refractivity contribution in [3.05, 3.63) is 23.8 Å². The maximum atomic E-state index is 12.4. The highest BCUT2D eigenvalue weighted by Crippen LogP contribution is 2.29. The molecule has 0 radical (unpaired) electrons. The lowest BCUT2D eigenvalue weighted by Crippen LogP contribution is -2.48. The van der Waals surface area contributed by atoms with Crippen LogP contribution in [0.4, 0.5) is 8.78 Å². The molecule has 23 heavy (non-hydrogen) atoms. The summed E-state index contributed by atoms with van der Waals surface area (Å²) in [7, 11) is 1.38. The molecule has 130 valence electrons. The van der Waals surface area contributed by atoms with E-state index in [0.717, 1.165) is 5.56 Å². The largest absolute Gasteiger partial charge is 0.493 e. The zero-order valence-corrected chi connectivity index (χ0v) is 13.9. The predicted molar refractivity (Wildman–Crippen MR) is 83.8 cm³/mol. The van der Waals surface area contributed by atoms with Gasteiger partial charge in [-0.05, 0) is 29.5 Å². The van der Waals surface area contributed by atoms with Crippen molar-refractivity contribution in [3.63, 3.8) is 0 Å². The number of alkyl halides is 2. The van der Waals surface area contributed by atoms with Gasteiger partial charge in [-0.1, -0.05) is 26.8 Å². The number of methoxy groups -OCH3 is 1. The molecular weight excluding hydrogens is 306 g/mol. The van der Waals surface area contributed by atoms with Gasteiger partial charge < -0.3 is 20.5 Å². The molecule has 1 amide bonds. The van der Waals surface area contributed by atoms with Crippen LogP contribution < -0.4 is 20.5 Å². The van der Waals surface area contributed by atoms with Gasteiger partial charge in [0.05, 0.1) is 13.2 Å². The Morgan fingerprint density at radius 1 is 1.30 bits per heavy atom. The van der Waals surface area contributed by atoms with Crippen molar-refractivity contribution in [3.8, 4) is 11.5 Å². The van der Waals surface area contributed by atoms with Crippen LogP contribution in [0.3, 0.4) is 0 Å². The quantitative estimate of drug-likeness (QED) is 0.805. The SMILES string of the molecule is COc1ccc(CCNC(=O)[C@@H](N)C(C)(C)C)cc1OC(F)F. The van der Waals surface area contributed by atoms with Crippen LogP contribution in [0.15, 0.2) is 18.2 Å². The highest BCUT2D eigenvalue weighted by Gasteiger charge is 2.26. The van der Waals surface area contributed by atoms with E-state index in [1.165, 1.54) is 13.2 Å². The molecule has 0 aromatic heterocycles. The van der Waals surface area contributed by atoms with Crippen LogP contribution in [0.5, 0.6) is 11.5 Å². The summed E-state index contributed by atoms with van der Waals surface area (Å²) < 4.78 is 34.1. The lowest BCUT2D eigenvalue weighted by molar-refractivity contribution is -0.124. The average molecular weight is 330 g/mol. The van der Waals surface area contributed by atoms with Crippen LogP contribution in [-0.2, 0) is 11.2 Å². The molecule has 0 bridgehead atoms. The molecule has 1 aromatic rings. The molecule has 0 aliphatic rings. The van der Waals surface area contributed by atoms with Gasteiger partial charge in [-0.15, -0.1) is 0 Å². The third kappa shape index (κ3) is 6.02. The fourth-order valence-corrected chi connectivity index (χ4v) is 1.90. The zero-order valence-electron chi connectivity index (χ0n) is 13.9. The van der Waals surface area contributed by atoms with Crippen molar-refractivity contribution in [1.82, 2.24) is 5.32 Å². The number of ether oxygens (including phenoxy) is 2. The average Bonchev–Trinajstić information content (AvgIpc) is 2.45. The van der Waals surface area contributed by atoms with Crippen LogP contribution in [0, 0.1) is 5.41 Å². The Labute approximate surface area is 135 Å². The molecule has 7 heteroatoms. The molecule has 0 fully saturated rings. The number of benzene rings is 1. The Kier molecular flexibility index (Phi) is 6.75. The Morgan fingerprint density at radius 3 is 2.48 bits per heavy atom. The first-order valence-corrected chi connectivity index (χ1v) is 7.30. The molecule has 1 rings (SSSR count). The van der Waals surface area contributed by atoms with Crippen LogP contribution in [0.25, 0.3) is 0 Å². The standard InChI is InChI=1S/C16H24F2N2O3/c1-16(2,3)13(19)14(21)20-8-7-10-5-6-11(22-4)12(9-10)23-15(17)18/h5-6,9,13,15H,7-8,19H2,1-4H3,(H,20,21)/t13-/m1/s1. The van der Waals surface area contributed by atoms with E-state index in [1.54, 1.807) is 12.1 Å². The van der Waals surface area contributed by atoms with Crippen molar-refractivity contribution in [2.45, 2.75) is 39.8 Å². The van der Waals surface area contributed by atoms with Gasteiger partial charge in [0.2, 0.25) is 5.91 Å². The smallest absolute Gasteiger partial charge is 0.387 e. The van der Waals surface area contributed by atoms with Crippen molar-refractivity contribution >= 4 is 5.91 Å². The lowest BCUT2D eigenvalue weighted by Gasteiger charge is -2.25. The maximum Gasteiger partial charge on any atom is 0.387 e. The van der Waals surface area contributed by atoms with Crippen LogP contribution >= 0.6 is 0 Å². The van der Waals surface area contributed by atoms with E-state index in [0.29, 0.717) is 13.0 Å². The molecule has 0 saturated heterocycles. The molecule has 0 heterocycles. The number of halogens is 2. The summed E-state index contributed by atoms with van der Waals surface area (Å²) in [6.07, 6.45) is 0.464. The number of carbonyl (C=O) groups is 1. The van der Waals surface area contributed by atoms with Gasteiger partial charge in [0, 0.05) is 6.54 Å². The molecule has 3 N–H and O–H groups in total. The van der Waals surface area contributed by atoms with Crippen molar-refractivity contribution in [2.75, 3.05) is 13.7 Å². The summed E-state index contributed by atoms with van der Waals surface area (Å²) in [5.74, 6) is -0.0411. The third-order valence-electron chi connectivity index (χ3n) is 3.37. The third-order valence-corrected chi connectivity index (χ3v) is 3.37. The highest BCUT2D eigenvalue weighted by atomic mass is 19.3. The fourth-order valence-electron chi connectivity index (χ4n) is 1.90. The monoisotopic (exact) mass is 330 g/mol. The summed E-state index contributed by atoms with van der Waals surface area (Å²) in [6.45, 7) is 3.07. The minimum absolute atomic E-state index is 0.0299. The first-order valence-electron chi connectivity index (χ1n) is 7.30. The van der Waals surface area contributed by atoms with Gasteiger partial charge in [-0.2, -0.15) is 8.78 Å². The summed E-state index contributed by atoms with van der Waals surface area (Å²) in [5, 5.41) is 2.74. The van der Waals surface area contributed by atoms with Gasteiger partial charge >= 0.3 is 6.61 Å². The molecule has 0 aliphatic heterocycles. The number of amides is 1.